The van der Waals surface area contributed by atoms with Gasteiger partial charge >= 0.3 is 6.18 Å². The molecule has 1 atom stereocenters. The minimum absolute atomic E-state index is 0.0945. The summed E-state index contributed by atoms with van der Waals surface area (Å²) in [6, 6.07) is 4.72. The Morgan fingerprint density at radius 3 is 2.44 bits per heavy atom. The van der Waals surface area contributed by atoms with Gasteiger partial charge in [-0.25, -0.2) is 13.8 Å². The largest absolute Gasteiger partial charge is 0.491 e. The summed E-state index contributed by atoms with van der Waals surface area (Å²) < 4.78 is 80.0. The van der Waals surface area contributed by atoms with Gasteiger partial charge in [0.2, 0.25) is 11.5 Å². The van der Waals surface area contributed by atoms with Gasteiger partial charge in [-0.05, 0) is 44.0 Å². The van der Waals surface area contributed by atoms with E-state index >= 15 is 0 Å². The minimum atomic E-state index is -5.48. The second-order valence-electron chi connectivity index (χ2n) is 10.4. The molecule has 1 aliphatic rings. The second kappa shape index (κ2) is 12.1. The molecular weight excluding hydrogens is 648 g/mol. The van der Waals surface area contributed by atoms with Gasteiger partial charge in [0, 0.05) is 34.3 Å². The van der Waals surface area contributed by atoms with Crippen LogP contribution in [0.3, 0.4) is 0 Å². The highest BCUT2D eigenvalue weighted by Crippen LogP contribution is 2.43. The molecule has 0 spiro atoms. The van der Waals surface area contributed by atoms with E-state index in [0.717, 1.165) is 25.0 Å². The van der Waals surface area contributed by atoms with Gasteiger partial charge in [0.25, 0.3) is 5.91 Å². The summed E-state index contributed by atoms with van der Waals surface area (Å²) in [5, 5.41) is 17.6. The van der Waals surface area contributed by atoms with Crippen molar-refractivity contribution in [1.29, 1.82) is 0 Å². The summed E-state index contributed by atoms with van der Waals surface area (Å²) in [7, 11) is 0. The molecule has 4 aromatic rings. The molecule has 0 bridgehead atoms. The van der Waals surface area contributed by atoms with E-state index in [1.165, 1.54) is 19.1 Å². The summed E-state index contributed by atoms with van der Waals surface area (Å²) in [4.78, 5) is 28.8. The lowest BCUT2D eigenvalue weighted by Crippen LogP contribution is -2.51. The van der Waals surface area contributed by atoms with E-state index in [9.17, 15) is 36.6 Å². The minimum Gasteiger partial charge on any atom is -0.491 e. The maximum Gasteiger partial charge on any atom is 0.424 e. The molecular formula is C29H24Cl2F5N5O4. The Morgan fingerprint density at radius 2 is 1.82 bits per heavy atom. The molecule has 9 nitrogen and oxygen atoms in total. The van der Waals surface area contributed by atoms with Crippen LogP contribution in [0, 0.1) is 11.6 Å². The Hall–Kier alpha value is -4.01. The first kappa shape index (κ1) is 32.4. The molecule has 1 aliphatic carbocycles. The maximum atomic E-state index is 15.0. The van der Waals surface area contributed by atoms with Gasteiger partial charge in [-0.2, -0.15) is 18.3 Å². The number of primary amides is 1. The smallest absolute Gasteiger partial charge is 0.424 e. The van der Waals surface area contributed by atoms with Gasteiger partial charge in [-0.3, -0.25) is 14.3 Å². The molecule has 1 saturated carbocycles. The van der Waals surface area contributed by atoms with Crippen LogP contribution in [0.5, 0.6) is 5.75 Å². The number of carbonyl (C=O) groups excluding carboxylic acids is 2. The molecule has 238 valence electrons. The van der Waals surface area contributed by atoms with Crippen LogP contribution in [0.1, 0.15) is 47.4 Å². The monoisotopic (exact) mass is 671 g/mol. The van der Waals surface area contributed by atoms with Gasteiger partial charge in [0.05, 0.1) is 41.4 Å². The second-order valence-corrected chi connectivity index (χ2v) is 11.3. The van der Waals surface area contributed by atoms with Gasteiger partial charge in [0.1, 0.15) is 28.6 Å². The summed E-state index contributed by atoms with van der Waals surface area (Å²) >= 11 is 12.1. The van der Waals surface area contributed by atoms with Crippen LogP contribution in [0.15, 0.2) is 36.5 Å². The Morgan fingerprint density at radius 1 is 1.11 bits per heavy atom. The third-order valence-corrected chi connectivity index (χ3v) is 7.71. The number of nitrogens with one attached hydrogen (secondary N) is 1. The highest BCUT2D eigenvalue weighted by molar-refractivity contribution is 6.35. The number of halogens is 7. The molecule has 0 saturated heterocycles. The topological polar surface area (TPSA) is 132 Å². The number of benzene rings is 2. The van der Waals surface area contributed by atoms with Gasteiger partial charge in [0.15, 0.2) is 0 Å². The number of carbonyl (C=O) groups is 2. The number of fused-ring (bicyclic) bond motifs is 1. The van der Waals surface area contributed by atoms with Crippen molar-refractivity contribution in [2.75, 3.05) is 13.2 Å². The first-order valence-corrected chi connectivity index (χ1v) is 14.2. The average Bonchev–Trinajstić information content (AvgIpc) is 3.72. The standard InChI is InChI=1S/C29H24Cl2F5N5O4/c1-2-45-26-13(8-23(37)42)7-22(39-25(26)17-9-18(30)21(33)10-20(17)32)28(44,29(34,35)36)12-38-27(43)14-5-15-11-41(16-3-4-16)40-24(15)19(31)6-14/h5-7,9-11,16,44H,2-4,8,12H2,1H3,(H2,37,42)(H,38,43)/t28-/m0/s1. The number of aliphatic hydroxyl groups is 1. The molecule has 0 radical (unpaired) electrons. The van der Waals surface area contributed by atoms with E-state index in [0.29, 0.717) is 17.0 Å². The first-order valence-electron chi connectivity index (χ1n) is 13.5. The van der Waals surface area contributed by atoms with E-state index in [-0.39, 0.29) is 34.5 Å². The van der Waals surface area contributed by atoms with Crippen LogP contribution in [0.2, 0.25) is 10.0 Å². The molecule has 2 aromatic heterocycles. The van der Waals surface area contributed by atoms with Crippen molar-refractivity contribution >= 4 is 45.9 Å². The first-order chi connectivity index (χ1) is 21.1. The quantitative estimate of drug-likeness (QED) is 0.148. The number of ether oxygens (including phenoxy) is 1. The Bertz CT molecular complexity index is 1830. The average molecular weight is 672 g/mol. The van der Waals surface area contributed by atoms with E-state index in [4.69, 9.17) is 33.7 Å². The number of rotatable bonds is 10. The summed E-state index contributed by atoms with van der Waals surface area (Å²) in [6.07, 6.45) is -2.65. The molecule has 16 heteroatoms. The van der Waals surface area contributed by atoms with Crippen molar-refractivity contribution < 1.29 is 41.4 Å². The van der Waals surface area contributed by atoms with Crippen molar-refractivity contribution in [1.82, 2.24) is 20.1 Å². The van der Waals surface area contributed by atoms with Crippen molar-refractivity contribution in [3.8, 4) is 17.0 Å². The van der Waals surface area contributed by atoms with Crippen LogP contribution in [0.4, 0.5) is 22.0 Å². The zero-order valence-corrected chi connectivity index (χ0v) is 24.8. The van der Waals surface area contributed by atoms with Crippen LogP contribution in [-0.2, 0) is 16.8 Å². The fraction of sp³-hybridized carbons (Fsp3) is 0.310. The summed E-state index contributed by atoms with van der Waals surface area (Å²) in [6.45, 7) is -0.0698. The Labute approximate surface area is 262 Å². The third-order valence-electron chi connectivity index (χ3n) is 7.13. The van der Waals surface area contributed by atoms with Gasteiger partial charge < -0.3 is 20.9 Å². The highest BCUT2D eigenvalue weighted by atomic mass is 35.5. The lowest BCUT2D eigenvalue weighted by atomic mass is 9.93. The van der Waals surface area contributed by atoms with Crippen LogP contribution < -0.4 is 15.8 Å². The molecule has 1 fully saturated rings. The summed E-state index contributed by atoms with van der Waals surface area (Å²) in [5.74, 6) is -4.78. The lowest BCUT2D eigenvalue weighted by molar-refractivity contribution is -0.265. The molecule has 2 aromatic carbocycles. The summed E-state index contributed by atoms with van der Waals surface area (Å²) in [5.41, 5.74) is -0.898. The Balaban J connectivity index is 1.58. The lowest BCUT2D eigenvalue weighted by Gasteiger charge is -2.31. The molecule has 45 heavy (non-hydrogen) atoms. The number of nitrogens with zero attached hydrogens (tertiary/aromatic N) is 3. The van der Waals surface area contributed by atoms with Crippen LogP contribution >= 0.6 is 23.2 Å². The van der Waals surface area contributed by atoms with Crippen LogP contribution in [-0.4, -0.2) is 51.0 Å². The van der Waals surface area contributed by atoms with E-state index in [1.54, 1.807) is 10.9 Å². The number of hydrogen-bond donors (Lipinski definition) is 3. The number of nitrogens with two attached hydrogens (primary N) is 1. The molecule has 4 N–H and O–H groups in total. The van der Waals surface area contributed by atoms with Crippen molar-refractivity contribution in [3.63, 3.8) is 0 Å². The van der Waals surface area contributed by atoms with Crippen molar-refractivity contribution in [2.24, 2.45) is 5.73 Å². The number of amides is 2. The maximum absolute atomic E-state index is 15.0. The van der Waals surface area contributed by atoms with Gasteiger partial charge in [-0.15, -0.1) is 0 Å². The number of pyridine rings is 1. The van der Waals surface area contributed by atoms with Gasteiger partial charge in [-0.1, -0.05) is 23.2 Å². The predicted molar refractivity (Wildman–Crippen MR) is 154 cm³/mol. The zero-order chi connectivity index (χ0) is 32.8. The van der Waals surface area contributed by atoms with E-state index in [1.807, 2.05) is 0 Å². The van der Waals surface area contributed by atoms with E-state index < -0.39 is 70.2 Å². The van der Waals surface area contributed by atoms with Crippen molar-refractivity contribution in [2.45, 2.75) is 44.0 Å². The molecule has 5 rings (SSSR count). The molecule has 2 heterocycles. The molecule has 0 aliphatic heterocycles. The zero-order valence-electron chi connectivity index (χ0n) is 23.3. The molecule has 0 unspecified atom stereocenters. The number of aromatic nitrogens is 3. The highest BCUT2D eigenvalue weighted by Gasteiger charge is 2.57. The Kier molecular flexibility index (Phi) is 8.68. The van der Waals surface area contributed by atoms with Crippen LogP contribution in [0.25, 0.3) is 22.2 Å². The molecule has 2 amide bonds. The third kappa shape index (κ3) is 6.40. The normalized spacial score (nSPS) is 14.8. The fourth-order valence-corrected chi connectivity index (χ4v) is 5.15. The van der Waals surface area contributed by atoms with E-state index in [2.05, 4.69) is 15.4 Å². The predicted octanol–water partition coefficient (Wildman–Crippen LogP) is 5.62. The number of hydrogen-bond acceptors (Lipinski definition) is 6. The fourth-order valence-electron chi connectivity index (χ4n) is 4.72. The number of alkyl halides is 3. The van der Waals surface area contributed by atoms with Crippen molar-refractivity contribution in [3.05, 3.63) is 75.0 Å². The SMILES string of the molecule is CCOc1c(CC(N)=O)cc([C@@](O)(CNC(=O)c2cc(Cl)c3nn(C4CC4)cc3c2)C(F)(F)F)nc1-c1cc(Cl)c(F)cc1F.